The molecule has 7 nitrogen and oxygen atoms in total. The molecule has 1 aliphatic rings. The zero-order valence-corrected chi connectivity index (χ0v) is 19.3. The van der Waals surface area contributed by atoms with E-state index in [0.717, 1.165) is 47.1 Å². The zero-order valence-electron chi connectivity index (χ0n) is 19.3. The Morgan fingerprint density at radius 3 is 2.58 bits per heavy atom. The molecular formula is C26H32N4O3. The number of aliphatic hydroxyl groups is 1. The molecule has 2 heterocycles. The smallest absolute Gasteiger partial charge is 0.163 e. The monoisotopic (exact) mass is 448 g/mol. The van der Waals surface area contributed by atoms with Crippen molar-refractivity contribution < 1.29 is 14.6 Å². The van der Waals surface area contributed by atoms with E-state index in [1.165, 1.54) is 12.8 Å². The van der Waals surface area contributed by atoms with Crippen molar-refractivity contribution in [2.24, 2.45) is 0 Å². The summed E-state index contributed by atoms with van der Waals surface area (Å²) in [6, 6.07) is 14.0. The van der Waals surface area contributed by atoms with Gasteiger partial charge in [-0.2, -0.15) is 0 Å². The summed E-state index contributed by atoms with van der Waals surface area (Å²) in [4.78, 5) is 11.0. The molecule has 7 heteroatoms. The standard InChI is InChI=1S/C26H32N4O3/c1-19(31)15-28-26-12-10-22(17-29-26)30(18-20-6-5-13-27-16-20)21-9-11-24(32-2)25(14-21)33-23-7-3-4-8-23/h5-6,9-14,16-17,19,23,31H,3-4,7-8,15,18H2,1-2H3,(H,28,29). The van der Waals surface area contributed by atoms with Gasteiger partial charge < -0.3 is 24.8 Å². The van der Waals surface area contributed by atoms with Crippen LogP contribution >= 0.6 is 0 Å². The quantitative estimate of drug-likeness (QED) is 0.455. The lowest BCUT2D eigenvalue weighted by Gasteiger charge is -2.26. The lowest BCUT2D eigenvalue weighted by atomic mass is 10.2. The first kappa shape index (κ1) is 22.9. The molecule has 1 aliphatic carbocycles. The van der Waals surface area contributed by atoms with Crippen LogP contribution in [0.5, 0.6) is 11.5 Å². The summed E-state index contributed by atoms with van der Waals surface area (Å²) >= 11 is 0. The molecule has 33 heavy (non-hydrogen) atoms. The van der Waals surface area contributed by atoms with Gasteiger partial charge in [0.1, 0.15) is 5.82 Å². The minimum atomic E-state index is -0.439. The number of benzene rings is 1. The molecule has 0 amide bonds. The summed E-state index contributed by atoms with van der Waals surface area (Å²) in [5.74, 6) is 2.23. The fourth-order valence-corrected chi connectivity index (χ4v) is 4.02. The summed E-state index contributed by atoms with van der Waals surface area (Å²) in [7, 11) is 1.67. The molecule has 0 aliphatic heterocycles. The van der Waals surface area contributed by atoms with E-state index in [1.807, 2.05) is 48.8 Å². The fraction of sp³-hybridized carbons (Fsp3) is 0.385. The zero-order chi connectivity index (χ0) is 23.0. The predicted molar refractivity (Wildman–Crippen MR) is 130 cm³/mol. The van der Waals surface area contributed by atoms with Gasteiger partial charge in [0.25, 0.3) is 0 Å². The number of pyridine rings is 2. The number of hydrogen-bond acceptors (Lipinski definition) is 7. The van der Waals surface area contributed by atoms with Crippen molar-refractivity contribution in [3.8, 4) is 11.5 Å². The van der Waals surface area contributed by atoms with Gasteiger partial charge in [0.2, 0.25) is 0 Å². The summed E-state index contributed by atoms with van der Waals surface area (Å²) in [5.41, 5.74) is 3.01. The topological polar surface area (TPSA) is 79.7 Å². The number of hydrogen-bond donors (Lipinski definition) is 2. The number of rotatable bonds is 10. The van der Waals surface area contributed by atoms with E-state index in [1.54, 1.807) is 20.2 Å². The molecule has 4 rings (SSSR count). The molecule has 2 aromatic heterocycles. The Labute approximate surface area is 195 Å². The van der Waals surface area contributed by atoms with Crippen LogP contribution in [0, 0.1) is 0 Å². The van der Waals surface area contributed by atoms with Gasteiger partial charge in [0.15, 0.2) is 11.5 Å². The van der Waals surface area contributed by atoms with Crippen LogP contribution in [0.4, 0.5) is 17.2 Å². The van der Waals surface area contributed by atoms with Crippen LogP contribution in [-0.4, -0.2) is 40.9 Å². The van der Waals surface area contributed by atoms with E-state index in [2.05, 4.69) is 26.3 Å². The van der Waals surface area contributed by atoms with Crippen molar-refractivity contribution in [2.45, 2.75) is 51.4 Å². The van der Waals surface area contributed by atoms with E-state index in [4.69, 9.17) is 9.47 Å². The number of aliphatic hydroxyl groups excluding tert-OH is 1. The number of nitrogens with zero attached hydrogens (tertiary/aromatic N) is 3. The molecule has 0 saturated heterocycles. The predicted octanol–water partition coefficient (Wildman–Crippen LogP) is 4.94. The Morgan fingerprint density at radius 1 is 1.09 bits per heavy atom. The molecule has 0 radical (unpaired) electrons. The molecule has 1 aromatic carbocycles. The van der Waals surface area contributed by atoms with Gasteiger partial charge >= 0.3 is 0 Å². The van der Waals surface area contributed by atoms with Crippen LogP contribution in [0.25, 0.3) is 0 Å². The van der Waals surface area contributed by atoms with Crippen molar-refractivity contribution >= 4 is 17.2 Å². The second-order valence-electron chi connectivity index (χ2n) is 8.44. The molecule has 1 fully saturated rings. The highest BCUT2D eigenvalue weighted by atomic mass is 16.5. The highest BCUT2D eigenvalue weighted by Gasteiger charge is 2.20. The third kappa shape index (κ3) is 6.14. The minimum Gasteiger partial charge on any atom is -0.493 e. The van der Waals surface area contributed by atoms with E-state index in [9.17, 15) is 5.11 Å². The van der Waals surface area contributed by atoms with Crippen LogP contribution < -0.4 is 19.7 Å². The van der Waals surface area contributed by atoms with E-state index in [0.29, 0.717) is 13.1 Å². The maximum absolute atomic E-state index is 9.51. The van der Waals surface area contributed by atoms with Crippen LogP contribution in [0.1, 0.15) is 38.2 Å². The molecule has 174 valence electrons. The van der Waals surface area contributed by atoms with Crippen molar-refractivity contribution in [2.75, 3.05) is 23.9 Å². The van der Waals surface area contributed by atoms with Crippen LogP contribution in [0.3, 0.4) is 0 Å². The molecule has 1 unspecified atom stereocenters. The van der Waals surface area contributed by atoms with Gasteiger partial charge in [-0.3, -0.25) is 4.98 Å². The second kappa shape index (κ2) is 11.0. The average molecular weight is 449 g/mol. The lowest BCUT2D eigenvalue weighted by Crippen LogP contribution is -2.19. The average Bonchev–Trinajstić information content (AvgIpc) is 3.35. The summed E-state index contributed by atoms with van der Waals surface area (Å²) in [5, 5.41) is 12.7. The number of ether oxygens (including phenoxy) is 2. The Hall–Kier alpha value is -3.32. The maximum Gasteiger partial charge on any atom is 0.163 e. The summed E-state index contributed by atoms with van der Waals surface area (Å²) in [6.45, 7) is 2.82. The molecular weight excluding hydrogens is 416 g/mol. The third-order valence-corrected chi connectivity index (χ3v) is 5.76. The molecule has 0 spiro atoms. The van der Waals surface area contributed by atoms with Crippen molar-refractivity contribution in [1.82, 2.24) is 9.97 Å². The Balaban J connectivity index is 1.64. The van der Waals surface area contributed by atoms with Crippen LogP contribution in [0.2, 0.25) is 0 Å². The fourth-order valence-electron chi connectivity index (χ4n) is 4.02. The van der Waals surface area contributed by atoms with Crippen LogP contribution in [0.15, 0.2) is 61.1 Å². The lowest BCUT2D eigenvalue weighted by molar-refractivity contribution is 0.201. The van der Waals surface area contributed by atoms with Crippen LogP contribution in [-0.2, 0) is 6.54 Å². The van der Waals surface area contributed by atoms with Crippen molar-refractivity contribution in [3.63, 3.8) is 0 Å². The SMILES string of the molecule is COc1ccc(N(Cc2cccnc2)c2ccc(NCC(C)O)nc2)cc1OC1CCCC1. The number of aromatic nitrogens is 2. The molecule has 0 bridgehead atoms. The number of methoxy groups -OCH3 is 1. The number of anilines is 3. The first-order chi connectivity index (χ1) is 16.1. The molecule has 1 saturated carbocycles. The van der Waals surface area contributed by atoms with Gasteiger partial charge in [0, 0.05) is 37.2 Å². The van der Waals surface area contributed by atoms with E-state index >= 15 is 0 Å². The van der Waals surface area contributed by atoms with Gasteiger partial charge in [0.05, 0.1) is 31.2 Å². The molecule has 3 aromatic rings. The van der Waals surface area contributed by atoms with Gasteiger partial charge in [-0.1, -0.05) is 6.07 Å². The molecule has 2 N–H and O–H groups in total. The Kier molecular flexibility index (Phi) is 7.62. The second-order valence-corrected chi connectivity index (χ2v) is 8.44. The van der Waals surface area contributed by atoms with Gasteiger partial charge in [-0.15, -0.1) is 0 Å². The highest BCUT2D eigenvalue weighted by molar-refractivity contribution is 5.67. The Bertz CT molecular complexity index is 1010. The van der Waals surface area contributed by atoms with Crippen molar-refractivity contribution in [1.29, 1.82) is 0 Å². The third-order valence-electron chi connectivity index (χ3n) is 5.76. The van der Waals surface area contributed by atoms with Gasteiger partial charge in [-0.05, 0) is 68.5 Å². The first-order valence-electron chi connectivity index (χ1n) is 11.5. The highest BCUT2D eigenvalue weighted by Crippen LogP contribution is 2.37. The normalized spacial score (nSPS) is 14.6. The summed E-state index contributed by atoms with van der Waals surface area (Å²) < 4.78 is 11.9. The van der Waals surface area contributed by atoms with Gasteiger partial charge in [-0.25, -0.2) is 4.98 Å². The van der Waals surface area contributed by atoms with E-state index in [-0.39, 0.29) is 6.10 Å². The minimum absolute atomic E-state index is 0.238. The molecule has 1 atom stereocenters. The summed E-state index contributed by atoms with van der Waals surface area (Å²) in [6.07, 6.45) is 9.87. The largest absolute Gasteiger partial charge is 0.493 e. The first-order valence-corrected chi connectivity index (χ1v) is 11.5. The maximum atomic E-state index is 9.51. The number of nitrogens with one attached hydrogen (secondary N) is 1. The van der Waals surface area contributed by atoms with E-state index < -0.39 is 6.10 Å². The Morgan fingerprint density at radius 2 is 1.91 bits per heavy atom. The van der Waals surface area contributed by atoms with Crippen molar-refractivity contribution in [3.05, 3.63) is 66.6 Å².